The fourth-order valence-corrected chi connectivity index (χ4v) is 2.87. The first-order chi connectivity index (χ1) is 11.8. The number of carbonyl (C=O) groups excluding carboxylic acids is 1. The lowest BCUT2D eigenvalue weighted by Crippen LogP contribution is -2.13. The first-order valence-electron chi connectivity index (χ1n) is 8.00. The topological polar surface area (TPSA) is 89.2 Å². The number of nitrogens with zero attached hydrogens (tertiary/aromatic N) is 3. The number of nitrogens with one attached hydrogen (secondary N) is 1. The average Bonchev–Trinajstić information content (AvgIpc) is 3.10. The highest BCUT2D eigenvalue weighted by Gasteiger charge is 2.18. The number of aliphatic carboxylic acids is 1. The molecule has 0 saturated carbocycles. The monoisotopic (exact) mass is 340 g/mol. The zero-order valence-electron chi connectivity index (χ0n) is 14.4. The molecule has 0 fully saturated rings. The standard InChI is InChI=1S/C18H20N4O3/c1-11(2)17-14(9-21(3)20-17)18(25)19-13-4-5-15-12(8-13)6-7-22(15)10-16(23)24/h4-9,11H,10H2,1-3H3,(H,19,25)(H,23,24). The molecule has 0 radical (unpaired) electrons. The Kier molecular flexibility index (Phi) is 4.31. The van der Waals surface area contributed by atoms with E-state index in [4.69, 9.17) is 5.11 Å². The van der Waals surface area contributed by atoms with Gasteiger partial charge >= 0.3 is 5.97 Å². The van der Waals surface area contributed by atoms with Crippen LogP contribution in [-0.4, -0.2) is 31.3 Å². The van der Waals surface area contributed by atoms with Gasteiger partial charge in [0.2, 0.25) is 0 Å². The van der Waals surface area contributed by atoms with Crippen molar-refractivity contribution < 1.29 is 14.7 Å². The van der Waals surface area contributed by atoms with Crippen molar-refractivity contribution in [1.29, 1.82) is 0 Å². The van der Waals surface area contributed by atoms with Crippen molar-refractivity contribution >= 4 is 28.5 Å². The van der Waals surface area contributed by atoms with Crippen LogP contribution in [0.15, 0.2) is 36.7 Å². The van der Waals surface area contributed by atoms with Crippen molar-refractivity contribution in [2.24, 2.45) is 7.05 Å². The van der Waals surface area contributed by atoms with Gasteiger partial charge < -0.3 is 15.0 Å². The molecule has 0 aliphatic carbocycles. The van der Waals surface area contributed by atoms with Gasteiger partial charge in [0, 0.05) is 36.0 Å². The van der Waals surface area contributed by atoms with Crippen LogP contribution in [0.1, 0.15) is 35.8 Å². The van der Waals surface area contributed by atoms with Crippen LogP contribution in [0.5, 0.6) is 0 Å². The molecule has 0 spiro atoms. The highest BCUT2D eigenvalue weighted by atomic mass is 16.4. The van der Waals surface area contributed by atoms with Gasteiger partial charge in [-0.15, -0.1) is 0 Å². The van der Waals surface area contributed by atoms with Gasteiger partial charge in [0.1, 0.15) is 6.54 Å². The molecule has 0 bridgehead atoms. The van der Waals surface area contributed by atoms with E-state index in [1.165, 1.54) is 0 Å². The summed E-state index contributed by atoms with van der Waals surface area (Å²) in [7, 11) is 1.79. The third kappa shape index (κ3) is 3.40. The van der Waals surface area contributed by atoms with E-state index in [2.05, 4.69) is 10.4 Å². The minimum Gasteiger partial charge on any atom is -0.480 e. The Bertz CT molecular complexity index is 953. The van der Waals surface area contributed by atoms with E-state index in [0.29, 0.717) is 11.3 Å². The molecule has 2 N–H and O–H groups in total. The summed E-state index contributed by atoms with van der Waals surface area (Å²) in [5.41, 5.74) is 2.78. The Morgan fingerprint density at radius 2 is 2.04 bits per heavy atom. The second kappa shape index (κ2) is 6.43. The molecule has 0 unspecified atom stereocenters. The maximum Gasteiger partial charge on any atom is 0.323 e. The van der Waals surface area contributed by atoms with Crippen LogP contribution in [0.2, 0.25) is 0 Å². The molecule has 0 saturated heterocycles. The third-order valence-corrected chi connectivity index (χ3v) is 3.98. The molecule has 0 aliphatic heterocycles. The van der Waals surface area contributed by atoms with Crippen molar-refractivity contribution in [3.63, 3.8) is 0 Å². The second-order valence-electron chi connectivity index (χ2n) is 6.32. The van der Waals surface area contributed by atoms with E-state index >= 15 is 0 Å². The van der Waals surface area contributed by atoms with Gasteiger partial charge in [-0.25, -0.2) is 0 Å². The number of fused-ring (bicyclic) bond motifs is 1. The number of anilines is 1. The Balaban J connectivity index is 1.86. The number of carbonyl (C=O) groups is 2. The molecule has 3 aromatic rings. The molecule has 0 aliphatic rings. The summed E-state index contributed by atoms with van der Waals surface area (Å²) >= 11 is 0. The average molecular weight is 340 g/mol. The fraction of sp³-hybridized carbons (Fsp3) is 0.278. The summed E-state index contributed by atoms with van der Waals surface area (Å²) < 4.78 is 3.29. The molecule has 2 heterocycles. The summed E-state index contributed by atoms with van der Waals surface area (Å²) in [5.74, 6) is -0.955. The summed E-state index contributed by atoms with van der Waals surface area (Å²) in [5, 5.41) is 17.0. The molecule has 25 heavy (non-hydrogen) atoms. The van der Waals surface area contributed by atoms with Crippen molar-refractivity contribution in [1.82, 2.24) is 14.3 Å². The number of aromatic nitrogens is 3. The highest BCUT2D eigenvalue weighted by molar-refractivity contribution is 6.05. The quantitative estimate of drug-likeness (QED) is 0.747. The number of carboxylic acid groups (broad SMARTS) is 1. The van der Waals surface area contributed by atoms with Crippen molar-refractivity contribution in [2.45, 2.75) is 26.3 Å². The van der Waals surface area contributed by atoms with Gasteiger partial charge in [-0.05, 0) is 30.2 Å². The van der Waals surface area contributed by atoms with Gasteiger partial charge in [-0.2, -0.15) is 5.10 Å². The lowest BCUT2D eigenvalue weighted by Gasteiger charge is -2.08. The summed E-state index contributed by atoms with van der Waals surface area (Å²) in [6.07, 6.45) is 3.44. The molecule has 0 atom stereocenters. The van der Waals surface area contributed by atoms with Crippen molar-refractivity contribution in [2.75, 3.05) is 5.32 Å². The summed E-state index contributed by atoms with van der Waals surface area (Å²) in [6, 6.07) is 7.24. The van der Waals surface area contributed by atoms with Gasteiger partial charge in [0.05, 0.1) is 11.3 Å². The van der Waals surface area contributed by atoms with E-state index in [9.17, 15) is 9.59 Å². The fourth-order valence-electron chi connectivity index (χ4n) is 2.87. The lowest BCUT2D eigenvalue weighted by molar-refractivity contribution is -0.137. The number of benzene rings is 1. The van der Waals surface area contributed by atoms with Crippen molar-refractivity contribution in [3.8, 4) is 0 Å². The molecular formula is C18H20N4O3. The lowest BCUT2D eigenvalue weighted by atomic mass is 10.1. The van der Waals surface area contributed by atoms with E-state index in [-0.39, 0.29) is 18.4 Å². The summed E-state index contributed by atoms with van der Waals surface area (Å²) in [4.78, 5) is 23.5. The predicted octanol–water partition coefficient (Wildman–Crippen LogP) is 2.84. The van der Waals surface area contributed by atoms with Crippen LogP contribution in [-0.2, 0) is 18.4 Å². The van der Waals surface area contributed by atoms with E-state index < -0.39 is 5.97 Å². The second-order valence-corrected chi connectivity index (χ2v) is 6.32. The largest absolute Gasteiger partial charge is 0.480 e. The predicted molar refractivity (Wildman–Crippen MR) is 94.8 cm³/mol. The van der Waals surface area contributed by atoms with Gasteiger partial charge in [0.15, 0.2) is 0 Å². The van der Waals surface area contributed by atoms with E-state index in [1.54, 1.807) is 40.8 Å². The smallest absolute Gasteiger partial charge is 0.323 e. The van der Waals surface area contributed by atoms with Crippen LogP contribution < -0.4 is 5.32 Å². The van der Waals surface area contributed by atoms with Crippen molar-refractivity contribution in [3.05, 3.63) is 47.9 Å². The Morgan fingerprint density at radius 1 is 1.28 bits per heavy atom. The molecule has 7 nitrogen and oxygen atoms in total. The Hall–Kier alpha value is -3.09. The van der Waals surface area contributed by atoms with Gasteiger partial charge in [-0.1, -0.05) is 13.8 Å². The van der Waals surface area contributed by atoms with Crippen LogP contribution in [0.4, 0.5) is 5.69 Å². The van der Waals surface area contributed by atoms with Crippen LogP contribution in [0.25, 0.3) is 10.9 Å². The number of hydrogen-bond donors (Lipinski definition) is 2. The molecule has 130 valence electrons. The molecule has 3 rings (SSSR count). The minimum absolute atomic E-state index is 0.0946. The molecule has 1 aromatic carbocycles. The first-order valence-corrected chi connectivity index (χ1v) is 8.00. The summed E-state index contributed by atoms with van der Waals surface area (Å²) in [6.45, 7) is 3.90. The number of aryl methyl sites for hydroxylation is 1. The van der Waals surface area contributed by atoms with Crippen LogP contribution >= 0.6 is 0 Å². The maximum atomic E-state index is 12.6. The molecule has 2 aromatic heterocycles. The van der Waals surface area contributed by atoms with E-state index in [1.807, 2.05) is 26.0 Å². The number of amides is 1. The molecular weight excluding hydrogens is 320 g/mol. The maximum absolute atomic E-state index is 12.6. The Labute approximate surface area is 144 Å². The van der Waals surface area contributed by atoms with Crippen LogP contribution in [0, 0.1) is 0 Å². The molecule has 1 amide bonds. The van der Waals surface area contributed by atoms with Gasteiger partial charge in [-0.3, -0.25) is 14.3 Å². The minimum atomic E-state index is -0.896. The number of rotatable bonds is 5. The van der Waals surface area contributed by atoms with E-state index in [0.717, 1.165) is 16.6 Å². The SMILES string of the molecule is CC(C)c1nn(C)cc1C(=O)Nc1ccc2c(ccn2CC(=O)O)c1. The zero-order chi connectivity index (χ0) is 18.1. The highest BCUT2D eigenvalue weighted by Crippen LogP contribution is 2.23. The molecule has 7 heteroatoms. The first kappa shape index (κ1) is 16.8. The van der Waals surface area contributed by atoms with Crippen LogP contribution in [0.3, 0.4) is 0 Å². The normalized spacial score (nSPS) is 11.2. The number of hydrogen-bond acceptors (Lipinski definition) is 3. The number of carboxylic acids is 1. The zero-order valence-corrected chi connectivity index (χ0v) is 14.4. The third-order valence-electron chi connectivity index (χ3n) is 3.98. The Morgan fingerprint density at radius 3 is 2.72 bits per heavy atom. The van der Waals surface area contributed by atoms with Gasteiger partial charge in [0.25, 0.3) is 5.91 Å².